The third-order valence-electron chi connectivity index (χ3n) is 5.60. The van der Waals surface area contributed by atoms with E-state index in [1.165, 1.54) is 11.8 Å². The lowest BCUT2D eigenvalue weighted by Gasteiger charge is -2.30. The third-order valence-corrected chi connectivity index (χ3v) is 6.67. The summed E-state index contributed by atoms with van der Waals surface area (Å²) < 4.78 is 10.3. The Kier molecular flexibility index (Phi) is 9.72. The molecule has 1 aliphatic heterocycles. The fourth-order valence-corrected chi connectivity index (χ4v) is 4.50. The van der Waals surface area contributed by atoms with Gasteiger partial charge in [0.05, 0.1) is 23.8 Å². The standard InChI is InChI=1S/C26H30N2O6S/c1-3-33-25(31)19-12-14-28(15-13-19)24(30)16-34-26(32)21-6-4-5-7-22(21)35-17-23(29)27-20-10-8-18(2)9-11-20/h4-11,19H,3,12-17H2,1-2H3,(H,27,29). The van der Waals surface area contributed by atoms with Gasteiger partial charge in [-0.25, -0.2) is 4.79 Å². The molecule has 35 heavy (non-hydrogen) atoms. The molecule has 0 atom stereocenters. The molecule has 186 valence electrons. The number of nitrogens with zero attached hydrogens (tertiary/aromatic N) is 1. The lowest BCUT2D eigenvalue weighted by atomic mass is 9.97. The molecule has 3 rings (SSSR count). The van der Waals surface area contributed by atoms with Crippen LogP contribution in [0.25, 0.3) is 0 Å². The van der Waals surface area contributed by atoms with Crippen LogP contribution in [0.3, 0.4) is 0 Å². The van der Waals surface area contributed by atoms with E-state index in [4.69, 9.17) is 9.47 Å². The topological polar surface area (TPSA) is 102 Å². The molecule has 0 radical (unpaired) electrons. The lowest BCUT2D eigenvalue weighted by molar-refractivity contribution is -0.151. The summed E-state index contributed by atoms with van der Waals surface area (Å²) in [5, 5.41) is 2.83. The zero-order valence-corrected chi connectivity index (χ0v) is 20.8. The van der Waals surface area contributed by atoms with E-state index in [-0.39, 0.29) is 36.1 Å². The van der Waals surface area contributed by atoms with Crippen LogP contribution in [0.4, 0.5) is 5.69 Å². The quantitative estimate of drug-likeness (QED) is 0.416. The largest absolute Gasteiger partial charge is 0.466 e. The Labute approximate surface area is 209 Å². The first-order valence-corrected chi connectivity index (χ1v) is 12.6. The van der Waals surface area contributed by atoms with Crippen molar-refractivity contribution in [2.24, 2.45) is 5.92 Å². The summed E-state index contributed by atoms with van der Waals surface area (Å²) in [6, 6.07) is 14.3. The van der Waals surface area contributed by atoms with Crippen LogP contribution in [0.2, 0.25) is 0 Å². The first-order chi connectivity index (χ1) is 16.9. The average molecular weight is 499 g/mol. The fraction of sp³-hybridized carbons (Fsp3) is 0.385. The van der Waals surface area contributed by atoms with Crippen molar-refractivity contribution in [1.82, 2.24) is 4.90 Å². The van der Waals surface area contributed by atoms with E-state index in [1.54, 1.807) is 36.1 Å². The third kappa shape index (κ3) is 7.85. The molecule has 1 saturated heterocycles. The minimum atomic E-state index is -0.623. The first kappa shape index (κ1) is 26.3. The molecule has 0 bridgehead atoms. The molecule has 0 aliphatic carbocycles. The van der Waals surface area contributed by atoms with E-state index < -0.39 is 5.97 Å². The Morgan fingerprint density at radius 2 is 1.69 bits per heavy atom. The Balaban J connectivity index is 1.47. The van der Waals surface area contributed by atoms with Gasteiger partial charge in [0, 0.05) is 23.7 Å². The highest BCUT2D eigenvalue weighted by molar-refractivity contribution is 8.00. The molecule has 1 heterocycles. The molecule has 0 spiro atoms. The number of piperidine rings is 1. The number of hydrogen-bond acceptors (Lipinski definition) is 7. The van der Waals surface area contributed by atoms with Crippen LogP contribution < -0.4 is 5.32 Å². The van der Waals surface area contributed by atoms with Crippen LogP contribution in [0.5, 0.6) is 0 Å². The van der Waals surface area contributed by atoms with Crippen molar-refractivity contribution >= 4 is 41.2 Å². The highest BCUT2D eigenvalue weighted by Gasteiger charge is 2.28. The van der Waals surface area contributed by atoms with Crippen molar-refractivity contribution in [3.63, 3.8) is 0 Å². The summed E-state index contributed by atoms with van der Waals surface area (Å²) in [6.07, 6.45) is 1.06. The van der Waals surface area contributed by atoms with E-state index in [0.29, 0.717) is 48.7 Å². The van der Waals surface area contributed by atoms with Gasteiger partial charge in [0.25, 0.3) is 5.91 Å². The predicted octanol–water partition coefficient (Wildman–Crippen LogP) is 3.68. The summed E-state index contributed by atoms with van der Waals surface area (Å²) in [4.78, 5) is 51.5. The van der Waals surface area contributed by atoms with Crippen molar-refractivity contribution in [2.75, 3.05) is 37.4 Å². The molecule has 8 nitrogen and oxygen atoms in total. The smallest absolute Gasteiger partial charge is 0.339 e. The number of aryl methyl sites for hydroxylation is 1. The fourth-order valence-electron chi connectivity index (χ4n) is 3.66. The van der Waals surface area contributed by atoms with E-state index in [1.807, 2.05) is 31.2 Å². The van der Waals surface area contributed by atoms with Crippen LogP contribution in [-0.4, -0.2) is 60.7 Å². The second kappa shape index (κ2) is 12.9. The zero-order valence-electron chi connectivity index (χ0n) is 20.0. The number of ether oxygens (including phenoxy) is 2. The minimum absolute atomic E-state index is 0.118. The van der Waals surface area contributed by atoms with Gasteiger partial charge in [-0.3, -0.25) is 14.4 Å². The van der Waals surface area contributed by atoms with Gasteiger partial charge < -0.3 is 19.7 Å². The van der Waals surface area contributed by atoms with Crippen LogP contribution in [0.1, 0.15) is 35.7 Å². The molecular formula is C26H30N2O6S. The van der Waals surface area contributed by atoms with E-state index in [9.17, 15) is 19.2 Å². The molecule has 0 aromatic heterocycles. The Morgan fingerprint density at radius 1 is 1.00 bits per heavy atom. The number of amides is 2. The summed E-state index contributed by atoms with van der Waals surface area (Å²) in [5.41, 5.74) is 2.11. The molecule has 9 heteroatoms. The maximum atomic E-state index is 12.7. The number of hydrogen-bond donors (Lipinski definition) is 1. The number of carbonyl (C=O) groups is 4. The number of benzene rings is 2. The van der Waals surface area contributed by atoms with Crippen molar-refractivity contribution < 1.29 is 28.7 Å². The summed E-state index contributed by atoms with van der Waals surface area (Å²) >= 11 is 1.22. The molecule has 2 aromatic rings. The number of carbonyl (C=O) groups excluding carboxylic acids is 4. The van der Waals surface area contributed by atoms with Crippen LogP contribution >= 0.6 is 11.8 Å². The second-order valence-corrected chi connectivity index (χ2v) is 9.20. The number of nitrogens with one attached hydrogen (secondary N) is 1. The van der Waals surface area contributed by atoms with Crippen molar-refractivity contribution in [3.8, 4) is 0 Å². The molecule has 1 N–H and O–H groups in total. The predicted molar refractivity (Wildman–Crippen MR) is 133 cm³/mol. The molecular weight excluding hydrogens is 468 g/mol. The normalized spacial score (nSPS) is 13.7. The van der Waals surface area contributed by atoms with E-state index >= 15 is 0 Å². The summed E-state index contributed by atoms with van der Waals surface area (Å²) in [6.45, 7) is 4.53. The highest BCUT2D eigenvalue weighted by atomic mass is 32.2. The molecule has 1 aliphatic rings. The molecule has 1 fully saturated rings. The molecule has 0 saturated carbocycles. The van der Waals surface area contributed by atoms with Crippen LogP contribution in [0.15, 0.2) is 53.4 Å². The van der Waals surface area contributed by atoms with Crippen molar-refractivity contribution in [2.45, 2.75) is 31.6 Å². The van der Waals surface area contributed by atoms with Gasteiger partial charge in [-0.1, -0.05) is 29.8 Å². The Morgan fingerprint density at radius 3 is 2.37 bits per heavy atom. The number of rotatable bonds is 9. The molecule has 2 aromatic carbocycles. The van der Waals surface area contributed by atoms with Crippen molar-refractivity contribution in [1.29, 1.82) is 0 Å². The zero-order chi connectivity index (χ0) is 25.2. The Hall–Kier alpha value is -3.33. The molecule has 2 amide bonds. The van der Waals surface area contributed by atoms with Gasteiger partial charge in [-0.2, -0.15) is 0 Å². The number of thioether (sulfide) groups is 1. The summed E-state index contributed by atoms with van der Waals surface area (Å²) in [5.74, 6) is -1.43. The first-order valence-electron chi connectivity index (χ1n) is 11.6. The van der Waals surface area contributed by atoms with Crippen LogP contribution in [-0.2, 0) is 23.9 Å². The monoisotopic (exact) mass is 498 g/mol. The van der Waals surface area contributed by atoms with E-state index in [0.717, 1.165) is 5.56 Å². The minimum Gasteiger partial charge on any atom is -0.466 e. The average Bonchev–Trinajstić information content (AvgIpc) is 2.87. The van der Waals surface area contributed by atoms with Gasteiger partial charge in [-0.05, 0) is 51.0 Å². The highest BCUT2D eigenvalue weighted by Crippen LogP contribution is 2.24. The number of esters is 2. The second-order valence-electron chi connectivity index (χ2n) is 8.18. The number of anilines is 1. The van der Waals surface area contributed by atoms with Gasteiger partial charge in [-0.15, -0.1) is 11.8 Å². The van der Waals surface area contributed by atoms with Gasteiger partial charge in [0.15, 0.2) is 6.61 Å². The lowest BCUT2D eigenvalue weighted by Crippen LogP contribution is -2.42. The van der Waals surface area contributed by atoms with E-state index in [2.05, 4.69) is 5.32 Å². The van der Waals surface area contributed by atoms with Gasteiger partial charge >= 0.3 is 11.9 Å². The maximum absolute atomic E-state index is 12.7. The summed E-state index contributed by atoms with van der Waals surface area (Å²) in [7, 11) is 0. The van der Waals surface area contributed by atoms with Gasteiger partial charge in [0.1, 0.15) is 0 Å². The Bertz CT molecular complexity index is 1050. The van der Waals surface area contributed by atoms with Crippen LogP contribution in [0, 0.1) is 12.8 Å². The molecule has 0 unspecified atom stereocenters. The van der Waals surface area contributed by atoms with Gasteiger partial charge in [0.2, 0.25) is 5.91 Å². The maximum Gasteiger partial charge on any atom is 0.339 e. The number of likely N-dealkylation sites (tertiary alicyclic amines) is 1. The SMILES string of the molecule is CCOC(=O)C1CCN(C(=O)COC(=O)c2ccccc2SCC(=O)Nc2ccc(C)cc2)CC1. The van der Waals surface area contributed by atoms with Crippen molar-refractivity contribution in [3.05, 3.63) is 59.7 Å².